The van der Waals surface area contributed by atoms with Gasteiger partial charge < -0.3 is 5.73 Å². The largest absolute Gasteiger partial charge is 0.326 e. The van der Waals surface area contributed by atoms with Crippen molar-refractivity contribution in [2.75, 3.05) is 13.1 Å². The molecule has 0 radical (unpaired) electrons. The number of nitrogens with two attached hydrogens (primary N) is 1. The third-order valence-corrected chi connectivity index (χ3v) is 5.64. The van der Waals surface area contributed by atoms with Crippen LogP contribution >= 0.6 is 0 Å². The summed E-state index contributed by atoms with van der Waals surface area (Å²) >= 11 is 0. The summed E-state index contributed by atoms with van der Waals surface area (Å²) in [4.78, 5) is 0.00625. The summed E-state index contributed by atoms with van der Waals surface area (Å²) in [6, 6.07) is 3.74. The van der Waals surface area contributed by atoms with Gasteiger partial charge in [0.1, 0.15) is 5.82 Å². The molecule has 1 aromatic carbocycles. The minimum atomic E-state index is -3.63. The van der Waals surface area contributed by atoms with Crippen molar-refractivity contribution in [2.45, 2.75) is 31.2 Å². The van der Waals surface area contributed by atoms with E-state index in [2.05, 4.69) is 0 Å². The minimum absolute atomic E-state index is 0.00625. The quantitative estimate of drug-likeness (QED) is 0.916. The van der Waals surface area contributed by atoms with Crippen LogP contribution in [0.4, 0.5) is 4.39 Å². The van der Waals surface area contributed by atoms with Gasteiger partial charge in [-0.05, 0) is 30.0 Å². The second-order valence-electron chi connectivity index (χ2n) is 4.88. The van der Waals surface area contributed by atoms with E-state index in [9.17, 15) is 12.8 Å². The van der Waals surface area contributed by atoms with Crippen LogP contribution in [-0.4, -0.2) is 25.8 Å². The highest BCUT2D eigenvalue weighted by Crippen LogP contribution is 2.28. The van der Waals surface area contributed by atoms with Gasteiger partial charge in [-0.25, -0.2) is 12.8 Å². The van der Waals surface area contributed by atoms with Gasteiger partial charge in [0.05, 0.1) is 4.90 Å². The van der Waals surface area contributed by atoms with Crippen molar-refractivity contribution in [1.29, 1.82) is 0 Å². The molecular formula is C13H19FN2O2S. The summed E-state index contributed by atoms with van der Waals surface area (Å²) in [6.45, 7) is 3.15. The molecule has 1 atom stereocenters. The first-order valence-corrected chi connectivity index (χ1v) is 7.91. The lowest BCUT2D eigenvalue weighted by Crippen LogP contribution is -2.30. The lowest BCUT2D eigenvalue weighted by atomic mass is 10.1. The van der Waals surface area contributed by atoms with Crippen molar-refractivity contribution in [1.82, 2.24) is 4.31 Å². The van der Waals surface area contributed by atoms with Crippen molar-refractivity contribution in [2.24, 2.45) is 11.7 Å². The lowest BCUT2D eigenvalue weighted by molar-refractivity contribution is 0.451. The van der Waals surface area contributed by atoms with E-state index in [0.29, 0.717) is 24.6 Å². The van der Waals surface area contributed by atoms with E-state index in [4.69, 9.17) is 5.73 Å². The number of benzene rings is 1. The zero-order valence-corrected chi connectivity index (χ0v) is 11.8. The maximum atomic E-state index is 13.3. The van der Waals surface area contributed by atoms with E-state index in [1.165, 1.54) is 16.4 Å². The highest BCUT2D eigenvalue weighted by molar-refractivity contribution is 7.89. The van der Waals surface area contributed by atoms with Gasteiger partial charge >= 0.3 is 0 Å². The third-order valence-electron chi connectivity index (χ3n) is 3.69. The van der Waals surface area contributed by atoms with Gasteiger partial charge in [-0.2, -0.15) is 4.31 Å². The Morgan fingerprint density at radius 3 is 2.79 bits per heavy atom. The molecule has 4 nitrogen and oxygen atoms in total. The zero-order valence-electron chi connectivity index (χ0n) is 11.0. The monoisotopic (exact) mass is 286 g/mol. The molecule has 0 saturated carbocycles. The molecule has 0 aromatic heterocycles. The molecule has 1 aromatic rings. The van der Waals surface area contributed by atoms with Crippen molar-refractivity contribution < 1.29 is 12.8 Å². The molecule has 1 aliphatic heterocycles. The molecule has 2 rings (SSSR count). The molecule has 0 aliphatic carbocycles. The number of sulfonamides is 1. The third kappa shape index (κ3) is 2.80. The Morgan fingerprint density at radius 2 is 2.21 bits per heavy atom. The van der Waals surface area contributed by atoms with Crippen molar-refractivity contribution in [3.63, 3.8) is 0 Å². The average molecular weight is 286 g/mol. The highest BCUT2D eigenvalue weighted by atomic mass is 32.2. The first-order chi connectivity index (χ1) is 8.98. The Hall–Kier alpha value is -0.980. The first kappa shape index (κ1) is 14.4. The highest BCUT2D eigenvalue weighted by Gasteiger charge is 2.33. The second-order valence-corrected chi connectivity index (χ2v) is 6.79. The Labute approximate surface area is 113 Å². The van der Waals surface area contributed by atoms with E-state index in [0.717, 1.165) is 18.9 Å². The fourth-order valence-corrected chi connectivity index (χ4v) is 4.20. The molecule has 106 valence electrons. The molecule has 2 N–H and O–H groups in total. The zero-order chi connectivity index (χ0) is 14.0. The summed E-state index contributed by atoms with van der Waals surface area (Å²) in [5.74, 6) is -0.160. The van der Waals surface area contributed by atoms with Gasteiger partial charge in [-0.15, -0.1) is 0 Å². The van der Waals surface area contributed by atoms with E-state index in [1.807, 2.05) is 6.92 Å². The molecule has 6 heteroatoms. The Balaban J connectivity index is 2.37. The molecule has 0 bridgehead atoms. The smallest absolute Gasteiger partial charge is 0.243 e. The van der Waals surface area contributed by atoms with Crippen LogP contribution in [0.3, 0.4) is 0 Å². The summed E-state index contributed by atoms with van der Waals surface area (Å²) in [5.41, 5.74) is 6.00. The minimum Gasteiger partial charge on any atom is -0.326 e. The molecular weight excluding hydrogens is 267 g/mol. The molecule has 19 heavy (non-hydrogen) atoms. The van der Waals surface area contributed by atoms with E-state index in [-0.39, 0.29) is 11.4 Å². The second kappa shape index (κ2) is 5.56. The normalized spacial score (nSPS) is 20.9. The average Bonchev–Trinajstić information content (AvgIpc) is 2.88. The van der Waals surface area contributed by atoms with Crippen LogP contribution in [0, 0.1) is 11.7 Å². The number of nitrogens with zero attached hydrogens (tertiary/aromatic N) is 1. The number of halogens is 1. The molecule has 0 spiro atoms. The number of hydrogen-bond acceptors (Lipinski definition) is 3. The van der Waals surface area contributed by atoms with Crippen molar-refractivity contribution >= 4 is 10.0 Å². The summed E-state index contributed by atoms with van der Waals surface area (Å²) in [7, 11) is -3.63. The molecule has 1 saturated heterocycles. The SMILES string of the molecule is CCC1CCN(S(=O)(=O)c2cc(F)ccc2CN)C1. The Morgan fingerprint density at radius 1 is 1.47 bits per heavy atom. The van der Waals surface area contributed by atoms with Crippen LogP contribution in [0.2, 0.25) is 0 Å². The van der Waals surface area contributed by atoms with E-state index >= 15 is 0 Å². The van der Waals surface area contributed by atoms with Gasteiger partial charge in [-0.1, -0.05) is 19.4 Å². The van der Waals surface area contributed by atoms with Crippen LogP contribution in [-0.2, 0) is 16.6 Å². The van der Waals surface area contributed by atoms with Gasteiger partial charge in [0.25, 0.3) is 0 Å². The molecule has 1 unspecified atom stereocenters. The number of hydrogen-bond donors (Lipinski definition) is 1. The maximum absolute atomic E-state index is 13.3. The van der Waals surface area contributed by atoms with Gasteiger partial charge in [0.15, 0.2) is 0 Å². The Kier molecular flexibility index (Phi) is 4.23. The fraction of sp³-hybridized carbons (Fsp3) is 0.538. The fourth-order valence-electron chi connectivity index (χ4n) is 2.42. The van der Waals surface area contributed by atoms with E-state index in [1.54, 1.807) is 0 Å². The molecule has 1 heterocycles. The van der Waals surface area contributed by atoms with Crippen LogP contribution in [0.5, 0.6) is 0 Å². The number of rotatable bonds is 4. The molecule has 1 fully saturated rings. The predicted molar refractivity (Wildman–Crippen MR) is 71.4 cm³/mol. The first-order valence-electron chi connectivity index (χ1n) is 6.47. The van der Waals surface area contributed by atoms with Crippen LogP contribution in [0.25, 0.3) is 0 Å². The lowest BCUT2D eigenvalue weighted by Gasteiger charge is -2.18. The Bertz CT molecular complexity index is 560. The molecule has 0 amide bonds. The van der Waals surface area contributed by atoms with Crippen molar-refractivity contribution in [3.05, 3.63) is 29.6 Å². The van der Waals surface area contributed by atoms with Crippen LogP contribution < -0.4 is 5.73 Å². The predicted octanol–water partition coefficient (Wildman–Crippen LogP) is 1.71. The summed E-state index contributed by atoms with van der Waals surface area (Å²) in [5, 5.41) is 0. The summed E-state index contributed by atoms with van der Waals surface area (Å²) in [6.07, 6.45) is 1.82. The van der Waals surface area contributed by atoms with E-state index < -0.39 is 15.8 Å². The van der Waals surface area contributed by atoms with Gasteiger partial charge in [0, 0.05) is 19.6 Å². The van der Waals surface area contributed by atoms with Crippen molar-refractivity contribution in [3.8, 4) is 0 Å². The van der Waals surface area contributed by atoms with Gasteiger partial charge in [-0.3, -0.25) is 0 Å². The summed E-state index contributed by atoms with van der Waals surface area (Å²) < 4.78 is 39.8. The standard InChI is InChI=1S/C13H19FN2O2S/c1-2-10-5-6-16(9-10)19(17,18)13-7-12(14)4-3-11(13)8-15/h3-4,7,10H,2,5-6,8-9,15H2,1H3. The van der Waals surface area contributed by atoms with Gasteiger partial charge in [0.2, 0.25) is 10.0 Å². The van der Waals surface area contributed by atoms with Crippen LogP contribution in [0.1, 0.15) is 25.3 Å². The topological polar surface area (TPSA) is 63.4 Å². The molecule has 1 aliphatic rings. The van der Waals surface area contributed by atoms with Crippen LogP contribution in [0.15, 0.2) is 23.1 Å². The maximum Gasteiger partial charge on any atom is 0.243 e.